The van der Waals surface area contributed by atoms with Crippen molar-refractivity contribution in [1.29, 1.82) is 0 Å². The molecule has 1 aliphatic rings. The van der Waals surface area contributed by atoms with Crippen LogP contribution in [0.1, 0.15) is 10.4 Å². The Kier molecular flexibility index (Phi) is 1.78. The summed E-state index contributed by atoms with van der Waals surface area (Å²) in [7, 11) is 0. The Balaban J connectivity index is 2.71. The summed E-state index contributed by atoms with van der Waals surface area (Å²) in [6, 6.07) is 2.77. The van der Waals surface area contributed by atoms with Crippen LogP contribution >= 0.6 is 23.2 Å². The summed E-state index contributed by atoms with van der Waals surface area (Å²) in [4.78, 5) is 21.9. The number of halogens is 2. The number of esters is 1. The van der Waals surface area contributed by atoms with Crippen molar-refractivity contribution in [2.45, 2.75) is 0 Å². The number of hydrogen-bond donors (Lipinski definition) is 0. The summed E-state index contributed by atoms with van der Waals surface area (Å²) in [5.41, 5.74) is 0.0936. The quantitative estimate of drug-likeness (QED) is 0.379. The second-order valence-corrected chi connectivity index (χ2v) is 3.32. The predicted octanol–water partition coefficient (Wildman–Crippen LogP) is 2.10. The molecule has 0 aliphatic carbocycles. The summed E-state index contributed by atoms with van der Waals surface area (Å²) in [6.45, 7) is 0. The molecule has 0 atom stereocenters. The molecule has 0 spiro atoms. The maximum atomic E-state index is 11.1. The Hall–Kier alpha value is -1.06. The molecule has 2 rings (SSSR count). The van der Waals surface area contributed by atoms with Crippen molar-refractivity contribution in [3.63, 3.8) is 0 Å². The molecule has 0 unspecified atom stereocenters. The second kappa shape index (κ2) is 2.72. The molecule has 0 aromatic heterocycles. The highest BCUT2D eigenvalue weighted by atomic mass is 35.5. The van der Waals surface area contributed by atoms with E-state index in [-0.39, 0.29) is 16.3 Å². The van der Waals surface area contributed by atoms with Crippen LogP contribution in [-0.4, -0.2) is 11.8 Å². The lowest BCUT2D eigenvalue weighted by molar-refractivity contribution is -0.128. The third-order valence-electron chi connectivity index (χ3n) is 1.63. The number of carbonyl (C=O) groups excluding carboxylic acids is 2. The molecule has 0 radical (unpaired) electrons. The van der Waals surface area contributed by atoms with Crippen molar-refractivity contribution < 1.29 is 14.3 Å². The second-order valence-electron chi connectivity index (χ2n) is 2.48. The fraction of sp³-hybridized carbons (Fsp3) is 0. The minimum absolute atomic E-state index is 0.0936. The van der Waals surface area contributed by atoms with Gasteiger partial charge in [0.25, 0.3) is 5.78 Å². The Labute approximate surface area is 83.2 Å². The highest BCUT2D eigenvalue weighted by Gasteiger charge is 2.33. The number of carbonyl (C=O) groups is 2. The van der Waals surface area contributed by atoms with Gasteiger partial charge in [0.05, 0.1) is 10.6 Å². The molecule has 0 fully saturated rings. The van der Waals surface area contributed by atoms with Crippen molar-refractivity contribution in [3.8, 4) is 5.75 Å². The first-order chi connectivity index (χ1) is 6.09. The topological polar surface area (TPSA) is 43.4 Å². The van der Waals surface area contributed by atoms with E-state index in [4.69, 9.17) is 23.2 Å². The molecule has 0 N–H and O–H groups in total. The van der Waals surface area contributed by atoms with E-state index in [1.165, 1.54) is 12.1 Å². The van der Waals surface area contributed by atoms with Gasteiger partial charge >= 0.3 is 5.97 Å². The van der Waals surface area contributed by atoms with Crippen LogP contribution in [-0.2, 0) is 4.79 Å². The van der Waals surface area contributed by atoms with Crippen molar-refractivity contribution in [3.05, 3.63) is 27.7 Å². The van der Waals surface area contributed by atoms with Crippen molar-refractivity contribution in [1.82, 2.24) is 0 Å². The van der Waals surface area contributed by atoms with Gasteiger partial charge in [0.2, 0.25) is 0 Å². The molecule has 66 valence electrons. The van der Waals surface area contributed by atoms with Gasteiger partial charge in [-0.05, 0) is 6.07 Å². The van der Waals surface area contributed by atoms with Gasteiger partial charge in [-0.25, -0.2) is 4.79 Å². The molecule has 0 saturated carbocycles. The summed E-state index contributed by atoms with van der Waals surface area (Å²) < 4.78 is 4.62. The maximum absolute atomic E-state index is 11.1. The van der Waals surface area contributed by atoms with Gasteiger partial charge in [0.15, 0.2) is 0 Å². The summed E-state index contributed by atoms with van der Waals surface area (Å²) >= 11 is 11.3. The van der Waals surface area contributed by atoms with Crippen LogP contribution in [0, 0.1) is 0 Å². The highest BCUT2D eigenvalue weighted by molar-refractivity contribution is 6.49. The maximum Gasteiger partial charge on any atom is 0.385 e. The van der Waals surface area contributed by atoms with Crippen LogP contribution in [0.5, 0.6) is 5.75 Å². The largest absolute Gasteiger partial charge is 0.420 e. The Morgan fingerprint density at radius 2 is 1.85 bits per heavy atom. The lowest BCUT2D eigenvalue weighted by Gasteiger charge is -1.97. The van der Waals surface area contributed by atoms with E-state index in [0.29, 0.717) is 5.02 Å². The third-order valence-corrected chi connectivity index (χ3v) is 2.15. The van der Waals surface area contributed by atoms with Crippen LogP contribution in [0.4, 0.5) is 0 Å². The summed E-state index contributed by atoms with van der Waals surface area (Å²) in [6.07, 6.45) is 0. The minimum atomic E-state index is -0.917. The fourth-order valence-corrected chi connectivity index (χ4v) is 1.66. The van der Waals surface area contributed by atoms with E-state index in [9.17, 15) is 9.59 Å². The van der Waals surface area contributed by atoms with Gasteiger partial charge in [-0.3, -0.25) is 4.79 Å². The van der Waals surface area contributed by atoms with Gasteiger partial charge in [0, 0.05) is 11.1 Å². The van der Waals surface area contributed by atoms with Crippen LogP contribution in [0.3, 0.4) is 0 Å². The molecule has 0 bridgehead atoms. The Morgan fingerprint density at radius 1 is 1.15 bits per heavy atom. The first-order valence-corrected chi connectivity index (χ1v) is 4.11. The molecule has 3 nitrogen and oxygen atoms in total. The monoisotopic (exact) mass is 216 g/mol. The number of ether oxygens (including phenoxy) is 1. The Bertz CT molecular complexity index is 426. The molecule has 1 aromatic rings. The van der Waals surface area contributed by atoms with E-state index in [2.05, 4.69) is 4.74 Å². The number of hydrogen-bond acceptors (Lipinski definition) is 3. The molecule has 13 heavy (non-hydrogen) atoms. The van der Waals surface area contributed by atoms with Crippen molar-refractivity contribution in [2.24, 2.45) is 0 Å². The molecule has 1 aromatic carbocycles. The fourth-order valence-electron chi connectivity index (χ4n) is 1.10. The van der Waals surface area contributed by atoms with Crippen molar-refractivity contribution >= 4 is 35.0 Å². The predicted molar refractivity (Wildman–Crippen MR) is 46.4 cm³/mol. The van der Waals surface area contributed by atoms with E-state index in [0.717, 1.165) is 0 Å². The van der Waals surface area contributed by atoms with Crippen LogP contribution in [0.25, 0.3) is 0 Å². The van der Waals surface area contributed by atoms with E-state index < -0.39 is 11.8 Å². The van der Waals surface area contributed by atoms with Crippen LogP contribution in [0.15, 0.2) is 12.1 Å². The molecular formula is C8H2Cl2O3. The van der Waals surface area contributed by atoms with Gasteiger partial charge in [0.1, 0.15) is 5.75 Å². The average Bonchev–Trinajstić information content (AvgIpc) is 2.27. The molecule has 1 heterocycles. The zero-order chi connectivity index (χ0) is 9.59. The van der Waals surface area contributed by atoms with Crippen LogP contribution in [0.2, 0.25) is 10.0 Å². The lowest BCUT2D eigenvalue weighted by Crippen LogP contribution is -2.10. The Morgan fingerprint density at radius 3 is 2.54 bits per heavy atom. The molecular weight excluding hydrogens is 215 g/mol. The zero-order valence-corrected chi connectivity index (χ0v) is 7.65. The van der Waals surface area contributed by atoms with E-state index in [1.807, 2.05) is 0 Å². The summed E-state index contributed by atoms with van der Waals surface area (Å²) in [5, 5.41) is 0.463. The first-order valence-electron chi connectivity index (χ1n) is 3.35. The van der Waals surface area contributed by atoms with Gasteiger partial charge in [-0.2, -0.15) is 0 Å². The van der Waals surface area contributed by atoms with Crippen LogP contribution < -0.4 is 4.74 Å². The third kappa shape index (κ3) is 1.20. The normalized spacial score (nSPS) is 14.3. The average molecular weight is 217 g/mol. The number of rotatable bonds is 0. The van der Waals surface area contributed by atoms with E-state index >= 15 is 0 Å². The SMILES string of the molecule is O=C1Oc2cc(Cl)cc(Cl)c2C1=O. The number of ketones is 1. The van der Waals surface area contributed by atoms with Gasteiger partial charge in [-0.15, -0.1) is 0 Å². The molecule has 5 heteroatoms. The van der Waals surface area contributed by atoms with Gasteiger partial charge < -0.3 is 4.74 Å². The zero-order valence-electron chi connectivity index (χ0n) is 6.14. The summed E-state index contributed by atoms with van der Waals surface area (Å²) in [5.74, 6) is -1.51. The lowest BCUT2D eigenvalue weighted by atomic mass is 10.1. The first kappa shape index (κ1) is 8.53. The number of fused-ring (bicyclic) bond motifs is 1. The highest BCUT2D eigenvalue weighted by Crippen LogP contribution is 2.35. The number of benzene rings is 1. The standard InChI is InChI=1S/C8H2Cl2O3/c9-3-1-4(10)6-5(2-3)13-8(12)7(6)11/h1-2H. The molecule has 0 amide bonds. The smallest absolute Gasteiger partial charge is 0.385 e. The van der Waals surface area contributed by atoms with Crippen molar-refractivity contribution in [2.75, 3.05) is 0 Å². The number of Topliss-reactive ketones (excluding diaryl/α,β-unsaturated/α-hetero) is 1. The molecule has 1 aliphatic heterocycles. The molecule has 0 saturated heterocycles. The van der Waals surface area contributed by atoms with E-state index in [1.54, 1.807) is 0 Å². The van der Waals surface area contributed by atoms with Gasteiger partial charge in [-0.1, -0.05) is 23.2 Å². The minimum Gasteiger partial charge on any atom is -0.420 e.